The van der Waals surface area contributed by atoms with Gasteiger partial charge in [0.2, 0.25) is 0 Å². The van der Waals surface area contributed by atoms with Crippen LogP contribution < -0.4 is 15.6 Å². The summed E-state index contributed by atoms with van der Waals surface area (Å²) in [6, 6.07) is 8.55. The lowest BCUT2D eigenvalue weighted by Gasteiger charge is -2.08. The smallest absolute Gasteiger partial charge is 0.288 e. The summed E-state index contributed by atoms with van der Waals surface area (Å²) in [6.45, 7) is 0. The molecule has 21 heavy (non-hydrogen) atoms. The van der Waals surface area contributed by atoms with Crippen molar-refractivity contribution in [3.05, 3.63) is 59.7 Å². The number of hydrogen-bond donors (Lipinski definition) is 2. The van der Waals surface area contributed by atoms with E-state index in [0.717, 1.165) is 6.07 Å². The Bertz CT molecular complexity index is 662. The van der Waals surface area contributed by atoms with E-state index in [0.29, 0.717) is 5.75 Å². The van der Waals surface area contributed by atoms with Crippen LogP contribution in [-0.2, 0) is 0 Å². The molecule has 2 amide bonds. The molecule has 0 aliphatic heterocycles. The van der Waals surface area contributed by atoms with Crippen molar-refractivity contribution >= 4 is 11.8 Å². The van der Waals surface area contributed by atoms with Gasteiger partial charge in [-0.25, -0.2) is 4.39 Å². The molecule has 0 saturated heterocycles. The maximum Gasteiger partial charge on any atom is 0.288 e. The second kappa shape index (κ2) is 6.47. The molecule has 0 aliphatic rings. The second-order valence-corrected chi connectivity index (χ2v) is 3.97. The van der Waals surface area contributed by atoms with Crippen molar-refractivity contribution < 1.29 is 18.7 Å². The van der Waals surface area contributed by atoms with Crippen molar-refractivity contribution in [2.24, 2.45) is 0 Å². The monoisotopic (exact) mass is 289 g/mol. The number of methoxy groups -OCH3 is 1. The average molecular weight is 289 g/mol. The zero-order valence-corrected chi connectivity index (χ0v) is 11.1. The summed E-state index contributed by atoms with van der Waals surface area (Å²) in [5, 5.41) is 0. The summed E-state index contributed by atoms with van der Waals surface area (Å²) in [7, 11) is 1.39. The Labute approximate surface area is 119 Å². The molecule has 2 rings (SSSR count). The first-order valence-electron chi connectivity index (χ1n) is 5.97. The minimum atomic E-state index is -0.778. The number of halogens is 1. The van der Waals surface area contributed by atoms with E-state index in [9.17, 15) is 14.0 Å². The third kappa shape index (κ3) is 3.53. The van der Waals surface area contributed by atoms with Gasteiger partial charge in [0.25, 0.3) is 11.8 Å². The molecule has 0 radical (unpaired) electrons. The zero-order chi connectivity index (χ0) is 15.2. The minimum Gasteiger partial charge on any atom is -0.497 e. The third-order valence-electron chi connectivity index (χ3n) is 2.61. The van der Waals surface area contributed by atoms with Gasteiger partial charge < -0.3 is 4.74 Å². The molecular formula is C14H12FN3O3. The number of benzene rings is 1. The lowest BCUT2D eigenvalue weighted by molar-refractivity contribution is 0.0841. The fraction of sp³-hybridized carbons (Fsp3) is 0.0714. The lowest BCUT2D eigenvalue weighted by Crippen LogP contribution is -2.42. The first-order valence-corrected chi connectivity index (χ1v) is 5.97. The molecule has 108 valence electrons. The highest BCUT2D eigenvalue weighted by Crippen LogP contribution is 2.15. The van der Waals surface area contributed by atoms with E-state index in [4.69, 9.17) is 4.74 Å². The zero-order valence-electron chi connectivity index (χ0n) is 11.1. The van der Waals surface area contributed by atoms with E-state index in [-0.39, 0.29) is 11.3 Å². The van der Waals surface area contributed by atoms with E-state index >= 15 is 0 Å². The maximum atomic E-state index is 13.7. The van der Waals surface area contributed by atoms with Gasteiger partial charge in [-0.3, -0.25) is 25.4 Å². The minimum absolute atomic E-state index is 0.132. The summed E-state index contributed by atoms with van der Waals surface area (Å²) in [6.07, 6.45) is 1.44. The molecule has 0 saturated carbocycles. The number of nitrogens with zero attached hydrogens (tertiary/aromatic N) is 1. The maximum absolute atomic E-state index is 13.7. The highest BCUT2D eigenvalue weighted by molar-refractivity contribution is 5.98. The van der Waals surface area contributed by atoms with Crippen LogP contribution in [0.5, 0.6) is 5.75 Å². The normalized spacial score (nSPS) is 9.81. The number of aromatic nitrogens is 1. The molecule has 0 bridgehead atoms. The fourth-order valence-electron chi connectivity index (χ4n) is 1.55. The number of nitrogens with one attached hydrogen (secondary N) is 2. The first-order chi connectivity index (χ1) is 10.1. The van der Waals surface area contributed by atoms with Crippen molar-refractivity contribution in [3.63, 3.8) is 0 Å². The number of hydrazine groups is 1. The lowest BCUT2D eigenvalue weighted by atomic mass is 10.2. The number of ether oxygens (including phenoxy) is 1. The van der Waals surface area contributed by atoms with Crippen LogP contribution in [0.1, 0.15) is 20.8 Å². The van der Waals surface area contributed by atoms with Crippen LogP contribution in [0.4, 0.5) is 4.39 Å². The average Bonchev–Trinajstić information content (AvgIpc) is 2.52. The SMILES string of the molecule is COc1ccc(C(=O)NNC(=O)c2ccccn2)c(F)c1. The molecule has 7 heteroatoms. The molecule has 0 fully saturated rings. The predicted octanol–water partition coefficient (Wildman–Crippen LogP) is 1.30. The van der Waals surface area contributed by atoms with Gasteiger partial charge in [-0.15, -0.1) is 0 Å². The van der Waals surface area contributed by atoms with Crippen LogP contribution in [0.2, 0.25) is 0 Å². The molecule has 1 aromatic carbocycles. The van der Waals surface area contributed by atoms with Crippen molar-refractivity contribution in [3.8, 4) is 5.75 Å². The second-order valence-electron chi connectivity index (χ2n) is 3.97. The Morgan fingerprint density at radius 2 is 1.90 bits per heavy atom. The summed E-state index contributed by atoms with van der Waals surface area (Å²) in [4.78, 5) is 27.3. The molecular weight excluding hydrogens is 277 g/mol. The van der Waals surface area contributed by atoms with E-state index in [1.165, 1.54) is 31.5 Å². The number of carbonyl (C=O) groups excluding carboxylic acids is 2. The fourth-order valence-corrected chi connectivity index (χ4v) is 1.55. The Kier molecular flexibility index (Phi) is 4.45. The third-order valence-corrected chi connectivity index (χ3v) is 2.61. The number of carbonyl (C=O) groups is 2. The Hall–Kier alpha value is -2.96. The van der Waals surface area contributed by atoms with E-state index in [1.54, 1.807) is 12.1 Å². The molecule has 2 N–H and O–H groups in total. The van der Waals surface area contributed by atoms with Gasteiger partial charge in [0.1, 0.15) is 17.3 Å². The summed E-state index contributed by atoms with van der Waals surface area (Å²) < 4.78 is 18.5. The highest BCUT2D eigenvalue weighted by atomic mass is 19.1. The van der Waals surface area contributed by atoms with E-state index in [2.05, 4.69) is 15.8 Å². The molecule has 6 nitrogen and oxygen atoms in total. The van der Waals surface area contributed by atoms with Gasteiger partial charge in [0, 0.05) is 12.3 Å². The molecule has 0 aliphatic carbocycles. The standard InChI is InChI=1S/C14H12FN3O3/c1-21-9-5-6-10(11(15)8-9)13(19)17-18-14(20)12-4-2-3-7-16-12/h2-8H,1H3,(H,17,19)(H,18,20). The molecule has 0 spiro atoms. The topological polar surface area (TPSA) is 80.3 Å². The van der Waals surface area contributed by atoms with Crippen LogP contribution in [0, 0.1) is 5.82 Å². The Morgan fingerprint density at radius 3 is 2.52 bits per heavy atom. The largest absolute Gasteiger partial charge is 0.497 e. The molecule has 1 aromatic heterocycles. The van der Waals surface area contributed by atoms with Crippen LogP contribution in [-0.4, -0.2) is 23.9 Å². The van der Waals surface area contributed by atoms with E-state index in [1.807, 2.05) is 0 Å². The number of pyridine rings is 1. The molecule has 0 atom stereocenters. The van der Waals surface area contributed by atoms with Gasteiger partial charge >= 0.3 is 0 Å². The van der Waals surface area contributed by atoms with Crippen LogP contribution >= 0.6 is 0 Å². The Morgan fingerprint density at radius 1 is 1.14 bits per heavy atom. The summed E-state index contributed by atoms with van der Waals surface area (Å²) in [5.41, 5.74) is 4.19. The van der Waals surface area contributed by atoms with E-state index < -0.39 is 17.6 Å². The van der Waals surface area contributed by atoms with Crippen LogP contribution in [0.3, 0.4) is 0 Å². The van der Waals surface area contributed by atoms with Crippen molar-refractivity contribution in [2.75, 3.05) is 7.11 Å². The van der Waals surface area contributed by atoms with Crippen LogP contribution in [0.25, 0.3) is 0 Å². The van der Waals surface area contributed by atoms with Gasteiger partial charge in [0.05, 0.1) is 12.7 Å². The van der Waals surface area contributed by atoms with Crippen LogP contribution in [0.15, 0.2) is 42.6 Å². The van der Waals surface area contributed by atoms with Crippen molar-refractivity contribution in [1.82, 2.24) is 15.8 Å². The predicted molar refractivity (Wildman–Crippen MR) is 72.1 cm³/mol. The van der Waals surface area contributed by atoms with Gasteiger partial charge in [-0.05, 0) is 24.3 Å². The summed E-state index contributed by atoms with van der Waals surface area (Å²) >= 11 is 0. The molecule has 0 unspecified atom stereocenters. The number of rotatable bonds is 3. The van der Waals surface area contributed by atoms with Gasteiger partial charge in [0.15, 0.2) is 0 Å². The molecule has 2 aromatic rings. The number of amides is 2. The highest BCUT2D eigenvalue weighted by Gasteiger charge is 2.14. The van der Waals surface area contributed by atoms with Crippen molar-refractivity contribution in [1.29, 1.82) is 0 Å². The van der Waals surface area contributed by atoms with Gasteiger partial charge in [-0.1, -0.05) is 6.07 Å². The summed E-state index contributed by atoms with van der Waals surface area (Å²) in [5.74, 6) is -1.84. The first kappa shape index (κ1) is 14.4. The van der Waals surface area contributed by atoms with Gasteiger partial charge in [-0.2, -0.15) is 0 Å². The quantitative estimate of drug-likeness (QED) is 0.835. The van der Waals surface area contributed by atoms with Crippen molar-refractivity contribution in [2.45, 2.75) is 0 Å². The Balaban J connectivity index is 2.01. The molecule has 1 heterocycles. The number of hydrogen-bond acceptors (Lipinski definition) is 4.